The quantitative estimate of drug-likeness (QED) is 0.0890. The van der Waals surface area contributed by atoms with E-state index in [1.165, 1.54) is 27.2 Å². The summed E-state index contributed by atoms with van der Waals surface area (Å²) < 4.78 is 2.19. The largest absolute Gasteiger partial charge is 0.348 e. The molecule has 334 valence electrons. The molecule has 6 aromatic rings. The van der Waals surface area contributed by atoms with Gasteiger partial charge in [-0.25, -0.2) is 4.57 Å². The molecule has 1 saturated heterocycles. The first kappa shape index (κ1) is 46.0. The summed E-state index contributed by atoms with van der Waals surface area (Å²) in [5, 5.41) is 13.3. The van der Waals surface area contributed by atoms with Crippen molar-refractivity contribution in [3.8, 4) is 0 Å². The average Bonchev–Trinajstić information content (AvgIpc) is 3.30. The Morgan fingerprint density at radius 2 is 0.859 bits per heavy atom. The number of aromatic nitrogens is 1. The third-order valence-corrected chi connectivity index (χ3v) is 12.5. The maximum atomic E-state index is 13.7. The summed E-state index contributed by atoms with van der Waals surface area (Å²) in [4.78, 5) is 50.2. The van der Waals surface area contributed by atoms with Crippen LogP contribution in [0, 0.1) is 0 Å². The maximum absolute atomic E-state index is 13.7. The third-order valence-electron chi connectivity index (χ3n) is 12.5. The summed E-state index contributed by atoms with van der Waals surface area (Å²) in [6.45, 7) is 12.5. The molecule has 0 aliphatic carbocycles. The molecule has 1 fully saturated rings. The van der Waals surface area contributed by atoms with Crippen molar-refractivity contribution in [2.45, 2.75) is 45.4 Å². The van der Waals surface area contributed by atoms with E-state index in [9.17, 15) is 14.4 Å². The van der Waals surface area contributed by atoms with Crippen molar-refractivity contribution in [2.75, 3.05) is 72.0 Å². The fourth-order valence-electron chi connectivity index (χ4n) is 8.75. The molecule has 11 nitrogen and oxygen atoms in total. The van der Waals surface area contributed by atoms with Crippen molar-refractivity contribution in [1.82, 2.24) is 35.6 Å². The third kappa shape index (κ3) is 13.0. The van der Waals surface area contributed by atoms with E-state index in [4.69, 9.17) is 0 Å². The first-order valence-corrected chi connectivity index (χ1v) is 22.8. The van der Waals surface area contributed by atoms with Gasteiger partial charge in [0, 0.05) is 75.7 Å². The van der Waals surface area contributed by atoms with E-state index in [0.29, 0.717) is 58.9 Å². The van der Waals surface area contributed by atoms with Gasteiger partial charge in [0.15, 0.2) is 6.20 Å². The molecule has 0 saturated carbocycles. The topological polar surface area (TPSA) is 104 Å². The molecule has 3 amide bonds. The van der Waals surface area contributed by atoms with Crippen LogP contribution in [0.15, 0.2) is 140 Å². The van der Waals surface area contributed by atoms with E-state index < -0.39 is 0 Å². The molecular formula is C53H65N8O3+. The zero-order valence-corrected chi connectivity index (χ0v) is 38.0. The number of fused-ring (bicyclic) bond motifs is 3. The van der Waals surface area contributed by atoms with Gasteiger partial charge in [-0.1, -0.05) is 115 Å². The Morgan fingerprint density at radius 1 is 0.484 bits per heavy atom. The van der Waals surface area contributed by atoms with Gasteiger partial charge in [-0.05, 0) is 55.2 Å². The standard InChI is InChI=1S/C53H64N8O3/c1-40(44-16-8-5-9-17-44)54-51(62)37-59-28-26-58(35-43-24-25-50-49(34-43)48-23-15-14-22-47(48)36-57(50)4)27-29-60(38-52(63)55-41(2)45-18-10-6-11-19-45)31-33-61(32-30-59)39-53(64)56-42(3)46-20-12-7-13-21-46/h5-25,34,36,40-42H,26-33,35,37-39H2,1-4H3,(H2-,54,55,56,62,63,64)/p+1/t40-,41-,42-/m1/s1. The van der Waals surface area contributed by atoms with Crippen molar-refractivity contribution in [3.05, 3.63) is 162 Å². The van der Waals surface area contributed by atoms with Gasteiger partial charge in [0.25, 0.3) is 0 Å². The van der Waals surface area contributed by atoms with Crippen LogP contribution in [0.3, 0.4) is 0 Å². The van der Waals surface area contributed by atoms with Crippen molar-refractivity contribution in [1.29, 1.82) is 0 Å². The lowest BCUT2D eigenvalue weighted by Gasteiger charge is -2.34. The second-order valence-electron chi connectivity index (χ2n) is 17.4. The SMILES string of the molecule is C[C@@H](NC(=O)CN1CCN(CC(=O)N[C@H](C)c2ccccc2)CCN(Cc2ccc3c(c2)c2ccccc2c[n+]3C)CCN(CC(=O)N[C@H](C)c2ccccc2)CC1)c1ccccc1. The summed E-state index contributed by atoms with van der Waals surface area (Å²) in [7, 11) is 2.10. The summed E-state index contributed by atoms with van der Waals surface area (Å²) in [6.07, 6.45) is 2.18. The number of nitrogens with one attached hydrogen (secondary N) is 3. The number of benzene rings is 5. The van der Waals surface area contributed by atoms with Crippen LogP contribution in [0.5, 0.6) is 0 Å². The highest BCUT2D eigenvalue weighted by Gasteiger charge is 2.23. The minimum atomic E-state index is -0.144. The van der Waals surface area contributed by atoms with Crippen molar-refractivity contribution >= 4 is 39.4 Å². The smallest absolute Gasteiger partial charge is 0.234 e. The number of rotatable bonds is 14. The van der Waals surface area contributed by atoms with Crippen LogP contribution < -0.4 is 20.5 Å². The Morgan fingerprint density at radius 3 is 1.28 bits per heavy atom. The minimum Gasteiger partial charge on any atom is -0.348 e. The summed E-state index contributed by atoms with van der Waals surface area (Å²) in [5.41, 5.74) is 5.54. The van der Waals surface area contributed by atoms with Crippen LogP contribution in [0.2, 0.25) is 0 Å². The Labute approximate surface area is 379 Å². The number of nitrogens with zero attached hydrogens (tertiary/aromatic N) is 5. The molecule has 64 heavy (non-hydrogen) atoms. The molecule has 2 heterocycles. The first-order chi connectivity index (χ1) is 31.1. The van der Waals surface area contributed by atoms with Gasteiger partial charge in [-0.3, -0.25) is 34.0 Å². The van der Waals surface area contributed by atoms with Gasteiger partial charge in [-0.15, -0.1) is 0 Å². The van der Waals surface area contributed by atoms with E-state index in [1.54, 1.807) is 0 Å². The Kier molecular flexibility index (Phi) is 16.2. The number of amides is 3. The lowest BCUT2D eigenvalue weighted by Crippen LogP contribution is -2.50. The summed E-state index contributed by atoms with van der Waals surface area (Å²) >= 11 is 0. The molecule has 0 bridgehead atoms. The van der Waals surface area contributed by atoms with Gasteiger partial charge >= 0.3 is 0 Å². The predicted octanol–water partition coefficient (Wildman–Crippen LogP) is 6.17. The summed E-state index contributed by atoms with van der Waals surface area (Å²) in [6, 6.07) is 44.9. The highest BCUT2D eigenvalue weighted by molar-refractivity contribution is 6.04. The molecule has 7 rings (SSSR count). The number of carbonyl (C=O) groups is 3. The van der Waals surface area contributed by atoms with E-state index in [2.05, 4.69) is 95.8 Å². The van der Waals surface area contributed by atoms with Crippen LogP contribution in [-0.4, -0.2) is 109 Å². The number of hydrogen-bond acceptors (Lipinski definition) is 7. The van der Waals surface area contributed by atoms with Gasteiger partial charge in [0.05, 0.1) is 43.1 Å². The van der Waals surface area contributed by atoms with Crippen LogP contribution in [0.4, 0.5) is 0 Å². The highest BCUT2D eigenvalue weighted by Crippen LogP contribution is 2.24. The van der Waals surface area contributed by atoms with Crippen LogP contribution in [0.25, 0.3) is 21.7 Å². The fraction of sp³-hybridized carbons (Fsp3) is 0.358. The normalized spacial score (nSPS) is 16.6. The number of hydrogen-bond donors (Lipinski definition) is 3. The zero-order valence-electron chi connectivity index (χ0n) is 38.0. The zero-order chi connectivity index (χ0) is 44.8. The van der Waals surface area contributed by atoms with Gasteiger partial charge in [-0.2, -0.15) is 0 Å². The van der Waals surface area contributed by atoms with Crippen molar-refractivity contribution in [3.63, 3.8) is 0 Å². The number of carbonyl (C=O) groups excluding carboxylic acids is 3. The molecule has 0 unspecified atom stereocenters. The molecule has 3 atom stereocenters. The fourth-order valence-corrected chi connectivity index (χ4v) is 8.75. The Bertz CT molecular complexity index is 2370. The molecular weight excluding hydrogens is 797 g/mol. The molecule has 1 aromatic heterocycles. The second kappa shape index (κ2) is 22.6. The van der Waals surface area contributed by atoms with Crippen LogP contribution in [0.1, 0.15) is 61.2 Å². The Hall–Kier alpha value is -5.98. The molecule has 1 aliphatic rings. The average molecular weight is 862 g/mol. The van der Waals surface area contributed by atoms with Crippen LogP contribution >= 0.6 is 0 Å². The second-order valence-corrected chi connectivity index (χ2v) is 17.4. The highest BCUT2D eigenvalue weighted by atomic mass is 16.2. The monoisotopic (exact) mass is 862 g/mol. The van der Waals surface area contributed by atoms with Crippen molar-refractivity contribution < 1.29 is 19.0 Å². The molecule has 11 heteroatoms. The summed E-state index contributed by atoms with van der Waals surface area (Å²) in [5.74, 6) is -0.132. The van der Waals surface area contributed by atoms with E-state index in [0.717, 1.165) is 16.7 Å². The van der Waals surface area contributed by atoms with E-state index in [-0.39, 0.29) is 55.5 Å². The van der Waals surface area contributed by atoms with Gasteiger partial charge in [0.2, 0.25) is 23.2 Å². The molecule has 0 spiro atoms. The molecule has 3 N–H and O–H groups in total. The molecule has 0 radical (unpaired) electrons. The van der Waals surface area contributed by atoms with Gasteiger partial charge in [0.1, 0.15) is 7.05 Å². The van der Waals surface area contributed by atoms with Crippen LogP contribution in [-0.2, 0) is 28.0 Å². The van der Waals surface area contributed by atoms with Gasteiger partial charge < -0.3 is 16.0 Å². The van der Waals surface area contributed by atoms with Crippen molar-refractivity contribution in [2.24, 2.45) is 7.05 Å². The van der Waals surface area contributed by atoms with E-state index in [1.807, 2.05) is 112 Å². The lowest BCUT2D eigenvalue weighted by molar-refractivity contribution is -0.643. The maximum Gasteiger partial charge on any atom is 0.234 e. The predicted molar refractivity (Wildman–Crippen MR) is 256 cm³/mol. The lowest BCUT2D eigenvalue weighted by atomic mass is 10.0. The Balaban J connectivity index is 1.12. The van der Waals surface area contributed by atoms with E-state index >= 15 is 0 Å². The first-order valence-electron chi connectivity index (χ1n) is 22.8. The minimum absolute atomic E-state index is 0.0350. The molecule has 5 aromatic carbocycles. The number of aryl methyl sites for hydroxylation is 1. The number of pyridine rings is 1. The molecule has 1 aliphatic heterocycles.